The Morgan fingerprint density at radius 1 is 1.00 bits per heavy atom. The topological polar surface area (TPSA) is 26.0 Å². The number of rotatable bonds is 5. The molecule has 0 saturated heterocycles. The zero-order valence-electron chi connectivity index (χ0n) is 7.80. The van der Waals surface area contributed by atoms with Crippen molar-refractivity contribution in [3.63, 3.8) is 0 Å². The van der Waals surface area contributed by atoms with E-state index in [9.17, 15) is 4.39 Å². The first kappa shape index (κ1) is 10.2. The molecule has 0 unspecified atom stereocenters. The predicted molar refractivity (Wildman–Crippen MR) is 53.5 cm³/mol. The van der Waals surface area contributed by atoms with E-state index >= 15 is 0 Å². The summed E-state index contributed by atoms with van der Waals surface area (Å²) >= 11 is 0. The van der Waals surface area contributed by atoms with Gasteiger partial charge in [0.25, 0.3) is 0 Å². The molecule has 0 amide bonds. The molecule has 0 spiro atoms. The summed E-state index contributed by atoms with van der Waals surface area (Å²) in [6.45, 7) is 0.453. The Kier molecular flexibility index (Phi) is 4.47. The van der Waals surface area contributed by atoms with Crippen LogP contribution in [0.4, 0.5) is 4.39 Å². The number of nitrogens with two attached hydrogens (primary N) is 1. The Morgan fingerprint density at radius 2 is 1.54 bits per heavy atom. The number of hydrogen-bond donors (Lipinski definition) is 1. The van der Waals surface area contributed by atoms with Crippen molar-refractivity contribution in [3.8, 4) is 0 Å². The van der Waals surface area contributed by atoms with E-state index in [0.717, 1.165) is 24.9 Å². The van der Waals surface area contributed by atoms with Crippen LogP contribution in [-0.4, -0.2) is 13.2 Å². The Hall–Kier alpha value is -0.890. The van der Waals surface area contributed by atoms with Crippen LogP contribution >= 0.6 is 0 Å². The minimum atomic E-state index is -0.276. The van der Waals surface area contributed by atoms with E-state index in [1.165, 1.54) is 5.56 Å². The van der Waals surface area contributed by atoms with Crippen molar-refractivity contribution in [2.75, 3.05) is 13.2 Å². The van der Waals surface area contributed by atoms with Crippen LogP contribution < -0.4 is 5.73 Å². The van der Waals surface area contributed by atoms with E-state index < -0.39 is 0 Å². The molecule has 13 heavy (non-hydrogen) atoms. The Labute approximate surface area is 78.8 Å². The van der Waals surface area contributed by atoms with Gasteiger partial charge in [0.1, 0.15) is 0 Å². The number of aryl methyl sites for hydroxylation is 2. The van der Waals surface area contributed by atoms with Crippen LogP contribution in [0, 0.1) is 0 Å². The van der Waals surface area contributed by atoms with Crippen molar-refractivity contribution in [1.29, 1.82) is 0 Å². The maximum Gasteiger partial charge on any atom is 0.0934 e. The average Bonchev–Trinajstić information content (AvgIpc) is 2.17. The van der Waals surface area contributed by atoms with Crippen molar-refractivity contribution >= 4 is 0 Å². The average molecular weight is 181 g/mol. The lowest BCUT2D eigenvalue weighted by atomic mass is 10.1. The summed E-state index contributed by atoms with van der Waals surface area (Å²) in [7, 11) is 0. The lowest BCUT2D eigenvalue weighted by Gasteiger charge is -2.01. The second-order valence-corrected chi connectivity index (χ2v) is 3.15. The molecule has 1 rings (SSSR count). The molecule has 0 aliphatic rings. The SMILES string of the molecule is NCCCc1ccc(CCF)cc1. The highest BCUT2D eigenvalue weighted by Gasteiger charge is 1.94. The number of hydrogen-bond acceptors (Lipinski definition) is 1. The predicted octanol–water partition coefficient (Wildman–Crippen LogP) is 2.09. The first-order valence-electron chi connectivity index (χ1n) is 4.70. The number of halogens is 1. The molecule has 72 valence electrons. The van der Waals surface area contributed by atoms with Crippen LogP contribution in [0.25, 0.3) is 0 Å². The lowest BCUT2D eigenvalue weighted by Crippen LogP contribution is -2.00. The molecule has 0 aromatic heterocycles. The molecule has 1 nitrogen and oxygen atoms in total. The van der Waals surface area contributed by atoms with Gasteiger partial charge in [-0.2, -0.15) is 0 Å². The van der Waals surface area contributed by atoms with E-state index in [2.05, 4.69) is 12.1 Å². The second kappa shape index (κ2) is 5.70. The standard InChI is InChI=1S/C11H16FN/c12-8-7-11-5-3-10(4-6-11)2-1-9-13/h3-6H,1-2,7-9,13H2. The van der Waals surface area contributed by atoms with E-state index in [4.69, 9.17) is 5.73 Å². The van der Waals surface area contributed by atoms with Gasteiger partial charge in [-0.25, -0.2) is 0 Å². The monoisotopic (exact) mass is 181 g/mol. The molecule has 0 aliphatic heterocycles. The smallest absolute Gasteiger partial charge is 0.0934 e. The summed E-state index contributed by atoms with van der Waals surface area (Å²) < 4.78 is 12.0. The summed E-state index contributed by atoms with van der Waals surface area (Å²) in [6.07, 6.45) is 2.56. The van der Waals surface area contributed by atoms with Gasteiger partial charge in [0.05, 0.1) is 6.67 Å². The lowest BCUT2D eigenvalue weighted by molar-refractivity contribution is 0.495. The molecular weight excluding hydrogens is 165 g/mol. The molecular formula is C11H16FN. The molecule has 2 heteroatoms. The second-order valence-electron chi connectivity index (χ2n) is 3.15. The minimum absolute atomic E-state index is 0.276. The van der Waals surface area contributed by atoms with Crippen LogP contribution in [0.2, 0.25) is 0 Å². The maximum absolute atomic E-state index is 12.0. The fourth-order valence-electron chi connectivity index (χ4n) is 1.29. The molecule has 0 saturated carbocycles. The summed E-state index contributed by atoms with van der Waals surface area (Å²) in [4.78, 5) is 0. The van der Waals surface area contributed by atoms with E-state index in [-0.39, 0.29) is 6.67 Å². The largest absolute Gasteiger partial charge is 0.330 e. The third-order valence-corrected chi connectivity index (χ3v) is 2.08. The van der Waals surface area contributed by atoms with Gasteiger partial charge in [0.2, 0.25) is 0 Å². The van der Waals surface area contributed by atoms with Gasteiger partial charge in [-0.05, 0) is 30.5 Å². The Balaban J connectivity index is 2.48. The fraction of sp³-hybridized carbons (Fsp3) is 0.455. The van der Waals surface area contributed by atoms with Gasteiger partial charge in [0, 0.05) is 6.42 Å². The summed E-state index contributed by atoms with van der Waals surface area (Å²) in [5.74, 6) is 0. The van der Waals surface area contributed by atoms with Crippen molar-refractivity contribution in [2.24, 2.45) is 5.73 Å². The number of benzene rings is 1. The van der Waals surface area contributed by atoms with Gasteiger partial charge in [-0.15, -0.1) is 0 Å². The molecule has 0 bridgehead atoms. The highest BCUT2D eigenvalue weighted by Crippen LogP contribution is 2.07. The van der Waals surface area contributed by atoms with Crippen LogP contribution in [-0.2, 0) is 12.8 Å². The minimum Gasteiger partial charge on any atom is -0.330 e. The molecule has 1 aromatic rings. The van der Waals surface area contributed by atoms with Crippen molar-refractivity contribution in [3.05, 3.63) is 35.4 Å². The Morgan fingerprint density at radius 3 is 2.00 bits per heavy atom. The van der Waals surface area contributed by atoms with Gasteiger partial charge in [-0.1, -0.05) is 24.3 Å². The van der Waals surface area contributed by atoms with Gasteiger partial charge in [-0.3, -0.25) is 4.39 Å². The third-order valence-electron chi connectivity index (χ3n) is 2.08. The summed E-state index contributed by atoms with van der Waals surface area (Å²) in [6, 6.07) is 8.10. The first-order valence-corrected chi connectivity index (χ1v) is 4.70. The zero-order chi connectivity index (χ0) is 9.52. The highest BCUT2D eigenvalue weighted by molar-refractivity contribution is 5.22. The van der Waals surface area contributed by atoms with Crippen LogP contribution in [0.1, 0.15) is 17.5 Å². The van der Waals surface area contributed by atoms with E-state index in [1.807, 2.05) is 12.1 Å². The van der Waals surface area contributed by atoms with E-state index in [0.29, 0.717) is 6.42 Å². The number of alkyl halides is 1. The normalized spacial score (nSPS) is 10.3. The first-order chi connectivity index (χ1) is 6.36. The fourth-order valence-corrected chi connectivity index (χ4v) is 1.29. The van der Waals surface area contributed by atoms with Gasteiger partial charge < -0.3 is 5.73 Å². The van der Waals surface area contributed by atoms with Gasteiger partial charge in [0.15, 0.2) is 0 Å². The van der Waals surface area contributed by atoms with Crippen molar-refractivity contribution in [1.82, 2.24) is 0 Å². The quantitative estimate of drug-likeness (QED) is 0.739. The van der Waals surface area contributed by atoms with Crippen LogP contribution in [0.5, 0.6) is 0 Å². The van der Waals surface area contributed by atoms with Gasteiger partial charge >= 0.3 is 0 Å². The molecule has 1 aromatic carbocycles. The zero-order valence-corrected chi connectivity index (χ0v) is 7.80. The molecule has 0 aliphatic carbocycles. The highest BCUT2D eigenvalue weighted by atomic mass is 19.1. The molecule has 0 atom stereocenters. The maximum atomic E-state index is 12.0. The van der Waals surface area contributed by atoms with Crippen molar-refractivity contribution < 1.29 is 4.39 Å². The summed E-state index contributed by atoms with van der Waals surface area (Å²) in [5.41, 5.74) is 7.76. The van der Waals surface area contributed by atoms with Crippen molar-refractivity contribution in [2.45, 2.75) is 19.3 Å². The molecule has 0 heterocycles. The third kappa shape index (κ3) is 3.55. The molecule has 2 N–H and O–H groups in total. The molecule has 0 radical (unpaired) electrons. The summed E-state index contributed by atoms with van der Waals surface area (Å²) in [5, 5.41) is 0. The van der Waals surface area contributed by atoms with E-state index in [1.54, 1.807) is 0 Å². The van der Waals surface area contributed by atoms with Crippen LogP contribution in [0.15, 0.2) is 24.3 Å². The molecule has 0 fully saturated rings. The van der Waals surface area contributed by atoms with Crippen LogP contribution in [0.3, 0.4) is 0 Å². The Bertz CT molecular complexity index is 230.